The quantitative estimate of drug-likeness (QED) is 0.754. The number of halogens is 1. The summed E-state index contributed by atoms with van der Waals surface area (Å²) in [7, 11) is 0. The lowest BCUT2D eigenvalue weighted by molar-refractivity contribution is 0.0698. The summed E-state index contributed by atoms with van der Waals surface area (Å²) < 4.78 is 0. The molecule has 20 heavy (non-hydrogen) atoms. The number of carboxylic acids is 1. The van der Waals surface area contributed by atoms with E-state index >= 15 is 0 Å². The number of nitrogens with one attached hydrogen (secondary N) is 1. The Labute approximate surface area is 121 Å². The van der Waals surface area contributed by atoms with E-state index in [1.165, 1.54) is 12.1 Å². The molecule has 0 aliphatic carbocycles. The molecule has 0 aliphatic heterocycles. The van der Waals surface area contributed by atoms with Crippen molar-refractivity contribution in [2.24, 2.45) is 0 Å². The summed E-state index contributed by atoms with van der Waals surface area (Å²) in [5.41, 5.74) is 8.39. The fraction of sp³-hybridized carbons (Fsp3) is 0.143. The molecule has 1 aromatic heterocycles. The number of nitrogens with zero attached hydrogens (tertiary/aromatic N) is 1. The summed E-state index contributed by atoms with van der Waals surface area (Å²) in [6, 6.07) is 4.78. The van der Waals surface area contributed by atoms with Crippen molar-refractivity contribution in [3.8, 4) is 0 Å². The van der Waals surface area contributed by atoms with Gasteiger partial charge in [-0.05, 0) is 36.2 Å². The minimum atomic E-state index is -1.08. The number of carbonyl (C=O) groups is 1. The predicted octanol–water partition coefficient (Wildman–Crippen LogP) is 2.94. The number of anilines is 2. The van der Waals surface area contributed by atoms with E-state index in [-0.39, 0.29) is 10.6 Å². The lowest BCUT2D eigenvalue weighted by atomic mass is 10.1. The van der Waals surface area contributed by atoms with E-state index in [0.29, 0.717) is 17.9 Å². The lowest BCUT2D eigenvalue weighted by Crippen LogP contribution is -2.08. The fourth-order valence-corrected chi connectivity index (χ4v) is 2.15. The van der Waals surface area contributed by atoms with Gasteiger partial charge in [0.2, 0.25) is 0 Å². The van der Waals surface area contributed by atoms with Crippen molar-refractivity contribution in [3.63, 3.8) is 0 Å². The average molecular weight is 292 g/mol. The largest absolute Gasteiger partial charge is 0.478 e. The van der Waals surface area contributed by atoms with Crippen LogP contribution in [0, 0.1) is 6.92 Å². The molecule has 0 amide bonds. The number of aromatic carboxylic acids is 1. The molecule has 0 saturated carbocycles. The van der Waals surface area contributed by atoms with Crippen molar-refractivity contribution in [3.05, 3.63) is 52.3 Å². The van der Waals surface area contributed by atoms with Crippen molar-refractivity contribution in [1.82, 2.24) is 4.98 Å². The third kappa shape index (κ3) is 3.00. The number of carboxylic acid groups (broad SMARTS) is 1. The van der Waals surface area contributed by atoms with Gasteiger partial charge in [-0.3, -0.25) is 4.98 Å². The molecule has 0 bridgehead atoms. The van der Waals surface area contributed by atoms with Crippen LogP contribution in [0.15, 0.2) is 30.6 Å². The fourth-order valence-electron chi connectivity index (χ4n) is 1.86. The first-order valence-corrected chi connectivity index (χ1v) is 6.32. The summed E-state index contributed by atoms with van der Waals surface area (Å²) in [6.07, 6.45) is 3.44. The summed E-state index contributed by atoms with van der Waals surface area (Å²) in [5.74, 6) is -1.08. The molecule has 0 saturated heterocycles. The molecule has 104 valence electrons. The van der Waals surface area contributed by atoms with Crippen molar-refractivity contribution in [2.75, 3.05) is 11.1 Å². The second-order valence-electron chi connectivity index (χ2n) is 4.39. The molecule has 1 aromatic carbocycles. The van der Waals surface area contributed by atoms with E-state index in [4.69, 9.17) is 17.3 Å². The third-order valence-electron chi connectivity index (χ3n) is 2.94. The minimum Gasteiger partial charge on any atom is -0.478 e. The smallest absolute Gasteiger partial charge is 0.337 e. The molecule has 2 aromatic rings. The Bertz CT molecular complexity index is 659. The third-order valence-corrected chi connectivity index (χ3v) is 3.23. The van der Waals surface area contributed by atoms with E-state index < -0.39 is 5.97 Å². The van der Waals surface area contributed by atoms with Crippen molar-refractivity contribution in [1.29, 1.82) is 0 Å². The Morgan fingerprint density at radius 2 is 2.25 bits per heavy atom. The maximum absolute atomic E-state index is 11.2. The van der Waals surface area contributed by atoms with Crippen molar-refractivity contribution < 1.29 is 9.90 Å². The number of aromatic nitrogens is 1. The zero-order valence-corrected chi connectivity index (χ0v) is 11.6. The van der Waals surface area contributed by atoms with Gasteiger partial charge in [0.25, 0.3) is 0 Å². The highest BCUT2D eigenvalue weighted by molar-refractivity contribution is 6.34. The highest BCUT2D eigenvalue weighted by Crippen LogP contribution is 2.29. The van der Waals surface area contributed by atoms with E-state index in [0.717, 1.165) is 11.1 Å². The Morgan fingerprint density at radius 1 is 1.50 bits per heavy atom. The number of aryl methyl sites for hydroxylation is 1. The zero-order valence-electron chi connectivity index (χ0n) is 10.9. The van der Waals surface area contributed by atoms with Gasteiger partial charge in [-0.1, -0.05) is 11.6 Å². The standard InChI is InChI=1S/C14H14ClN3O2/c1-8-6-17-3-2-9(8)7-18-13-11(14(19)20)4-10(16)5-12(13)15/h2-6,18H,7,16H2,1H3,(H,19,20). The maximum Gasteiger partial charge on any atom is 0.337 e. The number of nitrogens with two attached hydrogens (primary N) is 1. The maximum atomic E-state index is 11.2. The first kappa shape index (κ1) is 14.1. The topological polar surface area (TPSA) is 88.2 Å². The van der Waals surface area contributed by atoms with Gasteiger partial charge in [-0.15, -0.1) is 0 Å². The number of hydrogen-bond acceptors (Lipinski definition) is 4. The van der Waals surface area contributed by atoms with E-state index in [9.17, 15) is 9.90 Å². The van der Waals surface area contributed by atoms with E-state index in [1.54, 1.807) is 12.4 Å². The van der Waals surface area contributed by atoms with Gasteiger partial charge in [0.15, 0.2) is 0 Å². The SMILES string of the molecule is Cc1cnccc1CNc1c(Cl)cc(N)cc1C(=O)O. The highest BCUT2D eigenvalue weighted by atomic mass is 35.5. The summed E-state index contributed by atoms with van der Waals surface area (Å²) in [6.45, 7) is 2.39. The van der Waals surface area contributed by atoms with Gasteiger partial charge < -0.3 is 16.2 Å². The first-order chi connectivity index (χ1) is 9.49. The Morgan fingerprint density at radius 3 is 2.90 bits per heavy atom. The minimum absolute atomic E-state index is 0.0571. The second kappa shape index (κ2) is 5.79. The molecule has 0 radical (unpaired) electrons. The normalized spacial score (nSPS) is 10.3. The number of nitrogen functional groups attached to an aromatic ring is 1. The number of benzene rings is 1. The van der Waals surface area contributed by atoms with Crippen LogP contribution in [0.4, 0.5) is 11.4 Å². The van der Waals surface area contributed by atoms with Crippen molar-refractivity contribution >= 4 is 28.9 Å². The van der Waals surface area contributed by atoms with Crippen LogP contribution in [0.5, 0.6) is 0 Å². The number of rotatable bonds is 4. The predicted molar refractivity (Wildman–Crippen MR) is 79.1 cm³/mol. The molecule has 4 N–H and O–H groups in total. The number of hydrogen-bond donors (Lipinski definition) is 3. The van der Waals surface area contributed by atoms with Crippen LogP contribution in [-0.4, -0.2) is 16.1 Å². The van der Waals surface area contributed by atoms with Crippen LogP contribution in [0.1, 0.15) is 21.5 Å². The molecule has 1 heterocycles. The van der Waals surface area contributed by atoms with Crippen LogP contribution in [-0.2, 0) is 6.54 Å². The van der Waals surface area contributed by atoms with Gasteiger partial charge in [-0.2, -0.15) is 0 Å². The molecule has 0 atom stereocenters. The average Bonchev–Trinajstić information content (AvgIpc) is 2.38. The van der Waals surface area contributed by atoms with E-state index in [1.807, 2.05) is 13.0 Å². The Balaban J connectivity index is 2.30. The van der Waals surface area contributed by atoms with Gasteiger partial charge >= 0.3 is 5.97 Å². The molecular formula is C14H14ClN3O2. The van der Waals surface area contributed by atoms with Gasteiger partial charge in [0.1, 0.15) is 0 Å². The molecule has 0 unspecified atom stereocenters. The number of pyridine rings is 1. The zero-order chi connectivity index (χ0) is 14.7. The van der Waals surface area contributed by atoms with Gasteiger partial charge in [0.05, 0.1) is 16.3 Å². The lowest BCUT2D eigenvalue weighted by Gasteiger charge is -2.13. The van der Waals surface area contributed by atoms with Gasteiger partial charge in [0, 0.05) is 24.6 Å². The molecule has 0 aliphatic rings. The Kier molecular flexibility index (Phi) is 4.10. The highest BCUT2D eigenvalue weighted by Gasteiger charge is 2.14. The van der Waals surface area contributed by atoms with Crippen LogP contribution >= 0.6 is 11.6 Å². The van der Waals surface area contributed by atoms with Crippen LogP contribution in [0.2, 0.25) is 5.02 Å². The molecule has 5 nitrogen and oxygen atoms in total. The molecular weight excluding hydrogens is 278 g/mol. The molecule has 0 fully saturated rings. The van der Waals surface area contributed by atoms with Gasteiger partial charge in [-0.25, -0.2) is 4.79 Å². The van der Waals surface area contributed by atoms with Crippen LogP contribution in [0.25, 0.3) is 0 Å². The molecule has 6 heteroatoms. The second-order valence-corrected chi connectivity index (χ2v) is 4.79. The Hall–Kier alpha value is -2.27. The summed E-state index contributed by atoms with van der Waals surface area (Å²) in [4.78, 5) is 15.3. The van der Waals surface area contributed by atoms with E-state index in [2.05, 4.69) is 10.3 Å². The molecule has 0 spiro atoms. The van der Waals surface area contributed by atoms with Crippen LogP contribution < -0.4 is 11.1 Å². The first-order valence-electron chi connectivity index (χ1n) is 5.94. The van der Waals surface area contributed by atoms with Crippen LogP contribution in [0.3, 0.4) is 0 Å². The summed E-state index contributed by atoms with van der Waals surface area (Å²) >= 11 is 6.07. The molecule has 2 rings (SSSR count). The monoisotopic (exact) mass is 291 g/mol. The van der Waals surface area contributed by atoms with Crippen molar-refractivity contribution in [2.45, 2.75) is 13.5 Å². The summed E-state index contributed by atoms with van der Waals surface area (Å²) in [5, 5.41) is 12.5.